The molecule has 2 heterocycles. The van der Waals surface area contributed by atoms with E-state index < -0.39 is 0 Å². The molecule has 0 radical (unpaired) electrons. The minimum absolute atomic E-state index is 0. The largest absolute Gasteiger partial charge is 0.490 e. The van der Waals surface area contributed by atoms with Gasteiger partial charge in [0.1, 0.15) is 11.9 Å². The van der Waals surface area contributed by atoms with Crippen molar-refractivity contribution in [2.75, 3.05) is 13.1 Å². The Bertz CT molecular complexity index is 606. The number of hydrogen-bond acceptors (Lipinski definition) is 3. The molecular weight excluding hydrogens is 264 g/mol. The van der Waals surface area contributed by atoms with Crippen LogP contribution in [0.15, 0.2) is 35.3 Å². The maximum atomic E-state index is 11.7. The molecule has 0 bridgehead atoms. The number of hydrogen-bond donors (Lipinski definition) is 2. The normalized spacial score (nSPS) is 16.0. The highest BCUT2D eigenvalue weighted by atomic mass is 35.5. The summed E-state index contributed by atoms with van der Waals surface area (Å²) in [7, 11) is 0. The van der Waals surface area contributed by atoms with Crippen LogP contribution in [-0.2, 0) is 0 Å². The molecule has 1 aliphatic rings. The zero-order valence-electron chi connectivity index (χ0n) is 10.5. The third-order valence-electron chi connectivity index (χ3n) is 3.35. The Kier molecular flexibility index (Phi) is 4.45. The van der Waals surface area contributed by atoms with E-state index in [4.69, 9.17) is 4.74 Å². The van der Waals surface area contributed by atoms with Gasteiger partial charge < -0.3 is 15.0 Å². The van der Waals surface area contributed by atoms with Crippen LogP contribution < -0.4 is 15.6 Å². The van der Waals surface area contributed by atoms with E-state index in [1.54, 1.807) is 6.20 Å². The molecule has 1 aromatic carbocycles. The molecule has 1 aliphatic heterocycles. The number of ether oxygens (including phenoxy) is 1. The van der Waals surface area contributed by atoms with Gasteiger partial charge in [0.05, 0.1) is 5.39 Å². The fourth-order valence-corrected chi connectivity index (χ4v) is 2.39. The standard InChI is InChI=1S/C14H16N2O2.ClH/c17-14-12-2-1-3-13(11(12)6-9-16-14)18-10-4-7-15-8-5-10;/h1-3,6,9-10,15H,4-5,7-8H2,(H,16,17);1H. The summed E-state index contributed by atoms with van der Waals surface area (Å²) in [6.07, 6.45) is 3.94. The van der Waals surface area contributed by atoms with Crippen LogP contribution >= 0.6 is 12.4 Å². The van der Waals surface area contributed by atoms with E-state index in [1.165, 1.54) is 0 Å². The smallest absolute Gasteiger partial charge is 0.255 e. The van der Waals surface area contributed by atoms with Gasteiger partial charge in [-0.1, -0.05) is 6.07 Å². The van der Waals surface area contributed by atoms with Gasteiger partial charge in [0.25, 0.3) is 5.56 Å². The average molecular weight is 281 g/mol. The zero-order valence-corrected chi connectivity index (χ0v) is 11.3. The Morgan fingerprint density at radius 3 is 2.68 bits per heavy atom. The maximum absolute atomic E-state index is 11.7. The number of benzene rings is 1. The number of aromatic amines is 1. The predicted octanol–water partition coefficient (Wildman–Crippen LogP) is 2.08. The van der Waals surface area contributed by atoms with Gasteiger partial charge in [-0.25, -0.2) is 0 Å². The summed E-state index contributed by atoms with van der Waals surface area (Å²) in [6.45, 7) is 1.99. The van der Waals surface area contributed by atoms with Crippen LogP contribution in [0.2, 0.25) is 0 Å². The van der Waals surface area contributed by atoms with Gasteiger partial charge in [-0.15, -0.1) is 12.4 Å². The molecule has 1 aromatic heterocycles. The van der Waals surface area contributed by atoms with Gasteiger partial charge in [0.2, 0.25) is 0 Å². The number of nitrogens with one attached hydrogen (secondary N) is 2. The van der Waals surface area contributed by atoms with E-state index in [0.717, 1.165) is 37.1 Å². The fourth-order valence-electron chi connectivity index (χ4n) is 2.39. The molecule has 0 spiro atoms. The van der Waals surface area contributed by atoms with Crippen molar-refractivity contribution in [3.8, 4) is 5.75 Å². The van der Waals surface area contributed by atoms with Crippen LogP contribution in [-0.4, -0.2) is 24.2 Å². The molecule has 102 valence electrons. The van der Waals surface area contributed by atoms with E-state index in [1.807, 2.05) is 24.3 Å². The van der Waals surface area contributed by atoms with Gasteiger partial charge in [-0.2, -0.15) is 0 Å². The summed E-state index contributed by atoms with van der Waals surface area (Å²) in [5.41, 5.74) is -0.0664. The third kappa shape index (κ3) is 2.91. The molecule has 5 heteroatoms. The van der Waals surface area contributed by atoms with Crippen LogP contribution in [0.4, 0.5) is 0 Å². The second-order valence-corrected chi connectivity index (χ2v) is 4.59. The molecule has 0 unspecified atom stereocenters. The van der Waals surface area contributed by atoms with Crippen LogP contribution in [0, 0.1) is 0 Å². The highest BCUT2D eigenvalue weighted by Crippen LogP contribution is 2.25. The molecule has 0 amide bonds. The molecule has 4 nitrogen and oxygen atoms in total. The number of halogens is 1. The Morgan fingerprint density at radius 2 is 1.89 bits per heavy atom. The molecule has 3 rings (SSSR count). The van der Waals surface area contributed by atoms with Gasteiger partial charge in [0, 0.05) is 11.6 Å². The Hall–Kier alpha value is -1.52. The summed E-state index contributed by atoms with van der Waals surface area (Å²) in [5.74, 6) is 0.811. The monoisotopic (exact) mass is 280 g/mol. The van der Waals surface area contributed by atoms with Crippen molar-refractivity contribution in [1.29, 1.82) is 0 Å². The fraction of sp³-hybridized carbons (Fsp3) is 0.357. The summed E-state index contributed by atoms with van der Waals surface area (Å²) in [5, 5.41) is 4.88. The van der Waals surface area contributed by atoms with Crippen molar-refractivity contribution in [3.05, 3.63) is 40.8 Å². The number of fused-ring (bicyclic) bond motifs is 1. The van der Waals surface area contributed by atoms with E-state index >= 15 is 0 Å². The first-order chi connectivity index (χ1) is 8.84. The van der Waals surface area contributed by atoms with Crippen molar-refractivity contribution in [1.82, 2.24) is 10.3 Å². The van der Waals surface area contributed by atoms with Crippen LogP contribution in [0.5, 0.6) is 5.75 Å². The maximum Gasteiger partial charge on any atom is 0.255 e. The molecule has 0 saturated carbocycles. The summed E-state index contributed by atoms with van der Waals surface area (Å²) < 4.78 is 6.03. The molecule has 19 heavy (non-hydrogen) atoms. The predicted molar refractivity (Wildman–Crippen MR) is 78.3 cm³/mol. The third-order valence-corrected chi connectivity index (χ3v) is 3.35. The highest BCUT2D eigenvalue weighted by molar-refractivity contribution is 5.87. The Morgan fingerprint density at radius 1 is 1.11 bits per heavy atom. The minimum atomic E-state index is -0.0664. The van der Waals surface area contributed by atoms with E-state index in [0.29, 0.717) is 5.39 Å². The quantitative estimate of drug-likeness (QED) is 0.886. The number of pyridine rings is 1. The van der Waals surface area contributed by atoms with Gasteiger partial charge in [-0.05, 0) is 44.1 Å². The van der Waals surface area contributed by atoms with Crippen molar-refractivity contribution < 1.29 is 4.74 Å². The molecule has 0 atom stereocenters. The second-order valence-electron chi connectivity index (χ2n) is 4.59. The molecule has 2 N–H and O–H groups in total. The Labute approximate surface area is 117 Å². The highest BCUT2D eigenvalue weighted by Gasteiger charge is 2.15. The lowest BCUT2D eigenvalue weighted by Crippen LogP contribution is -2.34. The van der Waals surface area contributed by atoms with E-state index in [2.05, 4.69) is 10.3 Å². The van der Waals surface area contributed by atoms with Crippen molar-refractivity contribution in [3.63, 3.8) is 0 Å². The first-order valence-electron chi connectivity index (χ1n) is 6.32. The second kappa shape index (κ2) is 6.08. The summed E-state index contributed by atoms with van der Waals surface area (Å²) in [4.78, 5) is 14.4. The van der Waals surface area contributed by atoms with Crippen molar-refractivity contribution >= 4 is 23.2 Å². The van der Waals surface area contributed by atoms with Crippen LogP contribution in [0.3, 0.4) is 0 Å². The average Bonchev–Trinajstić information content (AvgIpc) is 2.41. The number of aromatic nitrogens is 1. The first-order valence-corrected chi connectivity index (χ1v) is 6.32. The lowest BCUT2D eigenvalue weighted by Gasteiger charge is -2.24. The lowest BCUT2D eigenvalue weighted by atomic mass is 10.1. The summed E-state index contributed by atoms with van der Waals surface area (Å²) in [6, 6.07) is 7.52. The number of rotatable bonds is 2. The van der Waals surface area contributed by atoms with Crippen molar-refractivity contribution in [2.45, 2.75) is 18.9 Å². The Balaban J connectivity index is 0.00000133. The number of H-pyrrole nitrogens is 1. The zero-order chi connectivity index (χ0) is 12.4. The molecule has 0 aliphatic carbocycles. The minimum Gasteiger partial charge on any atom is -0.490 e. The van der Waals surface area contributed by atoms with E-state index in [-0.39, 0.29) is 24.1 Å². The van der Waals surface area contributed by atoms with Crippen molar-refractivity contribution in [2.24, 2.45) is 0 Å². The first kappa shape index (κ1) is 13.9. The van der Waals surface area contributed by atoms with Gasteiger partial charge >= 0.3 is 0 Å². The van der Waals surface area contributed by atoms with Gasteiger partial charge in [-0.3, -0.25) is 4.79 Å². The molecule has 1 fully saturated rings. The molecule has 2 aromatic rings. The topological polar surface area (TPSA) is 54.1 Å². The molecule has 1 saturated heterocycles. The number of piperidine rings is 1. The SMILES string of the molecule is Cl.O=c1[nH]ccc2c(OC3CCNCC3)cccc12. The lowest BCUT2D eigenvalue weighted by molar-refractivity contribution is 0.164. The summed E-state index contributed by atoms with van der Waals surface area (Å²) >= 11 is 0. The van der Waals surface area contributed by atoms with Gasteiger partial charge in [0.15, 0.2) is 0 Å². The van der Waals surface area contributed by atoms with E-state index in [9.17, 15) is 4.79 Å². The molecular formula is C14H17ClN2O2. The van der Waals surface area contributed by atoms with Crippen LogP contribution in [0.1, 0.15) is 12.8 Å². The van der Waals surface area contributed by atoms with Crippen LogP contribution in [0.25, 0.3) is 10.8 Å².